The van der Waals surface area contributed by atoms with Crippen LogP contribution in [0.5, 0.6) is 5.75 Å². The molecule has 1 aromatic carbocycles. The third-order valence-electron chi connectivity index (χ3n) is 5.40. The number of unbranched alkanes of at least 4 members (excludes halogenated alkanes) is 2. The lowest BCUT2D eigenvalue weighted by atomic mass is 9.84. The number of hydrogen-bond donors (Lipinski definition) is 1. The van der Waals surface area contributed by atoms with E-state index in [4.69, 9.17) is 4.74 Å². The van der Waals surface area contributed by atoms with Crippen molar-refractivity contribution in [2.45, 2.75) is 44.4 Å². The molecule has 1 aliphatic carbocycles. The second-order valence-electron chi connectivity index (χ2n) is 6.97. The van der Waals surface area contributed by atoms with E-state index in [1.54, 1.807) is 0 Å². The minimum Gasteiger partial charge on any atom is -0.493 e. The Balaban J connectivity index is 1.68. The summed E-state index contributed by atoms with van der Waals surface area (Å²) in [5, 5.41) is 12.1. The van der Waals surface area contributed by atoms with Crippen LogP contribution in [0.4, 0.5) is 0 Å². The number of Topliss-reactive ketones (excluding diaryl/α,β-unsaturated/α-hetero) is 1. The van der Waals surface area contributed by atoms with E-state index in [-0.39, 0.29) is 17.1 Å². The smallest absolute Gasteiger partial charge is 0.245 e. The molecule has 3 unspecified atom stereocenters. The van der Waals surface area contributed by atoms with Crippen LogP contribution in [0.2, 0.25) is 0 Å². The van der Waals surface area contributed by atoms with Gasteiger partial charge in [0.1, 0.15) is 5.75 Å². The second kappa shape index (κ2) is 7.26. The second-order valence-corrected chi connectivity index (χ2v) is 6.97. The van der Waals surface area contributed by atoms with E-state index in [1.807, 2.05) is 30.3 Å². The molecule has 1 heterocycles. The molecule has 1 saturated carbocycles. The number of ketones is 1. The number of carbonyl (C=O) groups is 2. The Morgan fingerprint density at radius 2 is 2.20 bits per heavy atom. The molecule has 1 aliphatic heterocycles. The van der Waals surface area contributed by atoms with Crippen LogP contribution in [-0.4, -0.2) is 24.8 Å². The number of nitriles is 1. The van der Waals surface area contributed by atoms with Gasteiger partial charge in [-0.1, -0.05) is 38.0 Å². The number of ether oxygens (including phenoxy) is 1. The van der Waals surface area contributed by atoms with Gasteiger partial charge in [0.25, 0.3) is 0 Å². The highest BCUT2D eigenvalue weighted by Gasteiger charge is 2.62. The van der Waals surface area contributed by atoms with Crippen molar-refractivity contribution in [3.63, 3.8) is 0 Å². The number of amides is 1. The van der Waals surface area contributed by atoms with Crippen LogP contribution >= 0.6 is 0 Å². The van der Waals surface area contributed by atoms with Crippen LogP contribution in [0, 0.1) is 23.2 Å². The normalized spacial score (nSPS) is 24.6. The Labute approximate surface area is 148 Å². The SMILES string of the molecule is CCCCCNC(=O)C(C#N)C(=O)C1CC12CCOc1ccccc12. The maximum Gasteiger partial charge on any atom is 0.245 e. The number of benzene rings is 1. The zero-order valence-corrected chi connectivity index (χ0v) is 14.6. The highest BCUT2D eigenvalue weighted by atomic mass is 16.5. The lowest BCUT2D eigenvalue weighted by Gasteiger charge is -2.27. The van der Waals surface area contributed by atoms with Crippen LogP contribution in [0.1, 0.15) is 44.6 Å². The van der Waals surface area contributed by atoms with Crippen molar-refractivity contribution >= 4 is 11.7 Å². The Bertz CT molecular complexity index is 709. The van der Waals surface area contributed by atoms with Crippen molar-refractivity contribution in [1.82, 2.24) is 5.32 Å². The van der Waals surface area contributed by atoms with Crippen LogP contribution in [-0.2, 0) is 15.0 Å². The standard InChI is InChI=1S/C20H24N2O3/c1-2-3-6-10-22-19(24)14(13-21)18(23)16-12-20(16)9-11-25-17-8-5-4-7-15(17)20/h4-5,7-8,14,16H,2-3,6,9-12H2,1H3,(H,22,24). The molecular formula is C20H24N2O3. The van der Waals surface area contributed by atoms with Gasteiger partial charge in [0.2, 0.25) is 5.91 Å². The number of nitrogens with zero attached hydrogens (tertiary/aromatic N) is 1. The summed E-state index contributed by atoms with van der Waals surface area (Å²) in [5.41, 5.74) is 0.795. The Morgan fingerprint density at radius 1 is 1.40 bits per heavy atom. The van der Waals surface area contributed by atoms with Gasteiger partial charge in [-0.3, -0.25) is 9.59 Å². The van der Waals surface area contributed by atoms with E-state index in [0.29, 0.717) is 19.6 Å². The number of carbonyl (C=O) groups excluding carboxylic acids is 2. The van der Waals surface area contributed by atoms with Crippen LogP contribution in [0.25, 0.3) is 0 Å². The fourth-order valence-electron chi connectivity index (χ4n) is 3.88. The van der Waals surface area contributed by atoms with Crippen molar-refractivity contribution in [3.8, 4) is 11.8 Å². The van der Waals surface area contributed by atoms with Gasteiger partial charge >= 0.3 is 0 Å². The quantitative estimate of drug-likeness (QED) is 0.611. The van der Waals surface area contributed by atoms with Gasteiger partial charge in [-0.05, 0) is 25.3 Å². The first-order chi connectivity index (χ1) is 12.1. The van der Waals surface area contributed by atoms with Gasteiger partial charge in [-0.15, -0.1) is 0 Å². The van der Waals surface area contributed by atoms with Gasteiger partial charge < -0.3 is 10.1 Å². The lowest BCUT2D eigenvalue weighted by Crippen LogP contribution is -2.37. The first-order valence-electron chi connectivity index (χ1n) is 9.07. The molecule has 0 bridgehead atoms. The summed E-state index contributed by atoms with van der Waals surface area (Å²) in [4.78, 5) is 25.1. The summed E-state index contributed by atoms with van der Waals surface area (Å²) < 4.78 is 5.68. The van der Waals surface area contributed by atoms with Gasteiger partial charge in [0.15, 0.2) is 11.7 Å². The van der Waals surface area contributed by atoms with Gasteiger partial charge in [-0.2, -0.15) is 5.26 Å². The fourth-order valence-corrected chi connectivity index (χ4v) is 3.88. The summed E-state index contributed by atoms with van der Waals surface area (Å²) in [5.74, 6) is -1.34. The van der Waals surface area contributed by atoms with Crippen LogP contribution < -0.4 is 10.1 Å². The highest BCUT2D eigenvalue weighted by molar-refractivity contribution is 6.06. The number of nitrogens with one attached hydrogen (secondary N) is 1. The van der Waals surface area contributed by atoms with Gasteiger partial charge in [0.05, 0.1) is 12.7 Å². The summed E-state index contributed by atoms with van der Waals surface area (Å²) in [6.07, 6.45) is 4.41. The molecule has 0 aromatic heterocycles. The summed E-state index contributed by atoms with van der Waals surface area (Å²) >= 11 is 0. The first kappa shape index (κ1) is 17.5. The number of rotatable bonds is 7. The predicted octanol–water partition coefficient (Wildman–Crippen LogP) is 2.74. The third-order valence-corrected chi connectivity index (χ3v) is 5.40. The summed E-state index contributed by atoms with van der Waals surface area (Å²) in [7, 11) is 0. The molecule has 1 aromatic rings. The highest BCUT2D eigenvalue weighted by Crippen LogP contribution is 2.61. The van der Waals surface area contributed by atoms with Gasteiger partial charge in [0, 0.05) is 23.4 Å². The van der Waals surface area contributed by atoms with E-state index in [0.717, 1.165) is 37.0 Å². The van der Waals surface area contributed by atoms with Crippen LogP contribution in [0.15, 0.2) is 24.3 Å². The molecule has 2 aliphatic rings. The fraction of sp³-hybridized carbons (Fsp3) is 0.550. The predicted molar refractivity (Wildman–Crippen MR) is 93.0 cm³/mol. The van der Waals surface area contributed by atoms with E-state index >= 15 is 0 Å². The van der Waals surface area contributed by atoms with E-state index < -0.39 is 11.8 Å². The molecule has 0 radical (unpaired) electrons. The molecule has 1 fully saturated rings. The largest absolute Gasteiger partial charge is 0.493 e. The molecule has 1 N–H and O–H groups in total. The molecule has 3 rings (SSSR count). The topological polar surface area (TPSA) is 79.2 Å². The molecule has 5 heteroatoms. The molecule has 0 saturated heterocycles. The third kappa shape index (κ3) is 3.26. The minimum absolute atomic E-state index is 0.243. The van der Waals surface area contributed by atoms with Crippen molar-refractivity contribution in [1.29, 1.82) is 5.26 Å². The Morgan fingerprint density at radius 3 is 2.96 bits per heavy atom. The number of para-hydroxylation sites is 1. The first-order valence-corrected chi connectivity index (χ1v) is 9.07. The average Bonchev–Trinajstić information content (AvgIpc) is 3.34. The summed E-state index contributed by atoms with van der Waals surface area (Å²) in [6, 6.07) is 9.68. The zero-order valence-electron chi connectivity index (χ0n) is 14.6. The number of fused-ring (bicyclic) bond motifs is 2. The zero-order chi connectivity index (χ0) is 17.9. The molecule has 1 amide bonds. The molecule has 132 valence electrons. The lowest BCUT2D eigenvalue weighted by molar-refractivity contribution is -0.132. The van der Waals surface area contributed by atoms with Crippen molar-refractivity contribution in [3.05, 3.63) is 29.8 Å². The van der Waals surface area contributed by atoms with Crippen molar-refractivity contribution in [2.24, 2.45) is 11.8 Å². The van der Waals surface area contributed by atoms with E-state index in [1.165, 1.54) is 0 Å². The average molecular weight is 340 g/mol. The molecular weight excluding hydrogens is 316 g/mol. The van der Waals surface area contributed by atoms with E-state index in [9.17, 15) is 14.9 Å². The monoisotopic (exact) mass is 340 g/mol. The summed E-state index contributed by atoms with van der Waals surface area (Å²) in [6.45, 7) is 3.17. The molecule has 25 heavy (non-hydrogen) atoms. The Kier molecular flexibility index (Phi) is 5.08. The Hall–Kier alpha value is -2.35. The maximum atomic E-state index is 12.8. The van der Waals surface area contributed by atoms with Gasteiger partial charge in [-0.25, -0.2) is 0 Å². The molecule has 3 atom stereocenters. The van der Waals surface area contributed by atoms with E-state index in [2.05, 4.69) is 12.2 Å². The van der Waals surface area contributed by atoms with Crippen molar-refractivity contribution in [2.75, 3.05) is 13.2 Å². The molecule has 1 spiro atoms. The minimum atomic E-state index is -1.21. The van der Waals surface area contributed by atoms with Crippen molar-refractivity contribution < 1.29 is 14.3 Å². The number of hydrogen-bond acceptors (Lipinski definition) is 4. The van der Waals surface area contributed by atoms with Crippen LogP contribution in [0.3, 0.4) is 0 Å². The maximum absolute atomic E-state index is 12.8. The molecule has 5 nitrogen and oxygen atoms in total.